The van der Waals surface area contributed by atoms with Gasteiger partial charge >= 0.3 is 23.9 Å². The molecule has 216 valence electrons. The van der Waals surface area contributed by atoms with Crippen LogP contribution in [0.1, 0.15) is 41.4 Å². The van der Waals surface area contributed by atoms with Crippen LogP contribution in [-0.4, -0.2) is 49.0 Å². The predicted molar refractivity (Wildman–Crippen MR) is 153 cm³/mol. The molecular formula is C34H26O9. The molecule has 1 aliphatic heterocycles. The summed E-state index contributed by atoms with van der Waals surface area (Å²) in [6, 6.07) is 32.9. The minimum absolute atomic E-state index is 0.213. The van der Waals surface area contributed by atoms with Crippen molar-refractivity contribution in [1.82, 2.24) is 0 Å². The van der Waals surface area contributed by atoms with Crippen molar-refractivity contribution in [2.24, 2.45) is 0 Å². The minimum Gasteiger partial charge on any atom is -0.459 e. The average molecular weight is 579 g/mol. The first-order chi connectivity index (χ1) is 21.0. The third-order valence-electron chi connectivity index (χ3n) is 6.31. The average Bonchev–Trinajstić information content (AvgIpc) is 3.06. The summed E-state index contributed by atoms with van der Waals surface area (Å²) < 4.78 is 28.4. The van der Waals surface area contributed by atoms with Crippen molar-refractivity contribution in [2.45, 2.75) is 18.5 Å². The molecule has 0 saturated carbocycles. The highest BCUT2D eigenvalue weighted by atomic mass is 16.7. The van der Waals surface area contributed by atoms with Crippen molar-refractivity contribution in [3.05, 3.63) is 155 Å². The lowest BCUT2D eigenvalue weighted by atomic mass is 10.1. The Kier molecular flexibility index (Phi) is 9.35. The summed E-state index contributed by atoms with van der Waals surface area (Å²) in [4.78, 5) is 51.7. The fraction of sp³-hybridized carbons (Fsp3) is 0.118. The Morgan fingerprint density at radius 2 is 0.953 bits per heavy atom. The summed E-state index contributed by atoms with van der Waals surface area (Å²) in [7, 11) is 0. The Morgan fingerprint density at radius 1 is 0.535 bits per heavy atom. The smallest absolute Gasteiger partial charge is 0.343 e. The fourth-order valence-electron chi connectivity index (χ4n) is 4.12. The van der Waals surface area contributed by atoms with E-state index in [2.05, 4.69) is 0 Å². The van der Waals surface area contributed by atoms with Crippen molar-refractivity contribution in [3.8, 4) is 0 Å². The molecule has 9 heteroatoms. The van der Waals surface area contributed by atoms with Gasteiger partial charge in [-0.15, -0.1) is 0 Å². The highest BCUT2D eigenvalue weighted by Gasteiger charge is 2.40. The first-order valence-electron chi connectivity index (χ1n) is 13.4. The predicted octanol–water partition coefficient (Wildman–Crippen LogP) is 5.39. The second kappa shape index (κ2) is 13.9. The van der Waals surface area contributed by atoms with Crippen molar-refractivity contribution >= 4 is 23.9 Å². The zero-order valence-electron chi connectivity index (χ0n) is 22.7. The van der Waals surface area contributed by atoms with E-state index >= 15 is 0 Å². The molecule has 5 rings (SSSR count). The van der Waals surface area contributed by atoms with Crippen molar-refractivity contribution in [3.63, 3.8) is 0 Å². The Balaban J connectivity index is 1.44. The number of hydrogen-bond donors (Lipinski definition) is 0. The van der Waals surface area contributed by atoms with E-state index in [9.17, 15) is 19.2 Å². The van der Waals surface area contributed by atoms with Gasteiger partial charge in [0.05, 0.1) is 22.3 Å². The fourth-order valence-corrected chi connectivity index (χ4v) is 4.12. The van der Waals surface area contributed by atoms with Crippen LogP contribution in [0.4, 0.5) is 0 Å². The third-order valence-corrected chi connectivity index (χ3v) is 6.31. The van der Waals surface area contributed by atoms with Gasteiger partial charge in [0.1, 0.15) is 12.7 Å². The highest BCUT2D eigenvalue weighted by molar-refractivity contribution is 5.91. The maximum atomic E-state index is 13.0. The molecule has 0 N–H and O–H groups in total. The molecule has 3 atom stereocenters. The van der Waals surface area contributed by atoms with E-state index in [4.69, 9.17) is 23.7 Å². The van der Waals surface area contributed by atoms with E-state index in [0.717, 1.165) is 0 Å². The molecule has 0 aliphatic carbocycles. The molecule has 0 saturated heterocycles. The van der Waals surface area contributed by atoms with Crippen LogP contribution in [0.25, 0.3) is 0 Å². The van der Waals surface area contributed by atoms with Crippen LogP contribution in [0.3, 0.4) is 0 Å². The molecule has 4 aromatic rings. The topological polar surface area (TPSA) is 114 Å². The van der Waals surface area contributed by atoms with Gasteiger partial charge in [-0.25, -0.2) is 19.2 Å². The number of benzene rings is 4. The second-order valence-electron chi connectivity index (χ2n) is 9.30. The van der Waals surface area contributed by atoms with Gasteiger partial charge in [0.15, 0.2) is 11.9 Å². The lowest BCUT2D eigenvalue weighted by Gasteiger charge is -2.34. The number of ether oxygens (including phenoxy) is 5. The number of hydrogen-bond acceptors (Lipinski definition) is 9. The van der Waals surface area contributed by atoms with Crippen molar-refractivity contribution < 1.29 is 42.9 Å². The van der Waals surface area contributed by atoms with Crippen LogP contribution >= 0.6 is 0 Å². The number of rotatable bonds is 9. The maximum Gasteiger partial charge on any atom is 0.343 e. The molecule has 43 heavy (non-hydrogen) atoms. The Bertz CT molecular complexity index is 1590. The molecule has 4 aromatic carbocycles. The van der Waals surface area contributed by atoms with E-state index in [1.807, 2.05) is 0 Å². The Labute approximate surface area is 247 Å². The summed E-state index contributed by atoms with van der Waals surface area (Å²) in [5, 5.41) is 0. The van der Waals surface area contributed by atoms with E-state index < -0.39 is 42.4 Å². The second-order valence-corrected chi connectivity index (χ2v) is 9.30. The summed E-state index contributed by atoms with van der Waals surface area (Å²) in [5.41, 5.74) is 1.02. The largest absolute Gasteiger partial charge is 0.459 e. The molecule has 0 radical (unpaired) electrons. The molecule has 1 heterocycles. The molecule has 3 unspecified atom stereocenters. The zero-order chi connectivity index (χ0) is 30.0. The first-order valence-corrected chi connectivity index (χ1v) is 13.4. The summed E-state index contributed by atoms with van der Waals surface area (Å²) in [6.45, 7) is -0.379. The Hall–Kier alpha value is -5.54. The Morgan fingerprint density at radius 3 is 1.44 bits per heavy atom. The molecular weight excluding hydrogens is 552 g/mol. The standard InChI is InChI=1S/C34H26O9/c35-30(23-13-5-1-6-14-23)39-22-29-27(40-31(36)24-15-7-2-8-16-24)21-28(41-32(37)25-17-9-3-10-18-25)34(42-29)43-33(38)26-19-11-4-12-20-26/h1-21,27,29,34H,22H2. The van der Waals surface area contributed by atoms with Crippen molar-refractivity contribution in [1.29, 1.82) is 0 Å². The minimum atomic E-state index is -1.53. The summed E-state index contributed by atoms with van der Waals surface area (Å²) in [5.74, 6) is -3.06. The lowest BCUT2D eigenvalue weighted by molar-refractivity contribution is -0.179. The van der Waals surface area contributed by atoms with Gasteiger partial charge in [0, 0.05) is 6.08 Å². The van der Waals surface area contributed by atoms with Gasteiger partial charge in [-0.2, -0.15) is 0 Å². The first kappa shape index (κ1) is 29.0. The van der Waals surface area contributed by atoms with Crippen LogP contribution in [0.5, 0.6) is 0 Å². The van der Waals surface area contributed by atoms with E-state index in [1.165, 1.54) is 6.08 Å². The molecule has 0 bridgehead atoms. The van der Waals surface area contributed by atoms with Gasteiger partial charge in [-0.1, -0.05) is 72.8 Å². The monoisotopic (exact) mass is 578 g/mol. The number of carbonyl (C=O) groups is 4. The molecule has 0 aromatic heterocycles. The van der Waals surface area contributed by atoms with Crippen LogP contribution in [0.2, 0.25) is 0 Å². The van der Waals surface area contributed by atoms with E-state index in [0.29, 0.717) is 5.56 Å². The maximum absolute atomic E-state index is 13.0. The van der Waals surface area contributed by atoms with E-state index in [1.54, 1.807) is 121 Å². The number of esters is 4. The quantitative estimate of drug-likeness (QED) is 0.190. The van der Waals surface area contributed by atoms with E-state index in [-0.39, 0.29) is 29.1 Å². The van der Waals surface area contributed by atoms with Gasteiger partial charge in [-0.3, -0.25) is 0 Å². The van der Waals surface area contributed by atoms with Crippen LogP contribution in [0, 0.1) is 0 Å². The normalized spacial score (nSPS) is 17.6. The zero-order valence-corrected chi connectivity index (χ0v) is 22.7. The molecule has 1 aliphatic rings. The van der Waals surface area contributed by atoms with Gasteiger partial charge in [-0.05, 0) is 48.5 Å². The molecule has 0 amide bonds. The van der Waals surface area contributed by atoms with Crippen LogP contribution < -0.4 is 0 Å². The summed E-state index contributed by atoms with van der Waals surface area (Å²) in [6.07, 6.45) is -2.54. The van der Waals surface area contributed by atoms with Crippen LogP contribution in [-0.2, 0) is 23.7 Å². The molecule has 0 spiro atoms. The van der Waals surface area contributed by atoms with Gasteiger partial charge in [0.25, 0.3) is 6.29 Å². The van der Waals surface area contributed by atoms with Gasteiger partial charge in [0.2, 0.25) is 0 Å². The molecule has 9 nitrogen and oxygen atoms in total. The van der Waals surface area contributed by atoms with Crippen LogP contribution in [0.15, 0.2) is 133 Å². The number of carbonyl (C=O) groups excluding carboxylic acids is 4. The highest BCUT2D eigenvalue weighted by Crippen LogP contribution is 2.27. The van der Waals surface area contributed by atoms with Crippen molar-refractivity contribution in [2.75, 3.05) is 6.61 Å². The lowest BCUT2D eigenvalue weighted by Crippen LogP contribution is -2.45. The SMILES string of the molecule is O=C(OCC1OC(OC(=O)c2ccccc2)C(OC(=O)c2ccccc2)=CC1OC(=O)c1ccccc1)c1ccccc1. The molecule has 0 fully saturated rings. The summed E-state index contributed by atoms with van der Waals surface area (Å²) >= 11 is 0. The van der Waals surface area contributed by atoms with Gasteiger partial charge < -0.3 is 23.7 Å². The third kappa shape index (κ3) is 7.60.